The molecule has 1 fully saturated rings. The van der Waals surface area contributed by atoms with Crippen molar-refractivity contribution in [1.82, 2.24) is 4.90 Å². The number of likely N-dealkylation sites (tertiary alicyclic amines) is 1. The molecule has 1 saturated heterocycles. The first-order valence-electron chi connectivity index (χ1n) is 8.14. The third-order valence-electron chi connectivity index (χ3n) is 4.10. The van der Waals surface area contributed by atoms with E-state index in [4.69, 9.17) is 11.6 Å². The van der Waals surface area contributed by atoms with Crippen LogP contribution in [0.3, 0.4) is 0 Å². The summed E-state index contributed by atoms with van der Waals surface area (Å²) in [5.74, 6) is 0.112. The molecule has 0 bridgehead atoms. The fourth-order valence-corrected chi connectivity index (χ4v) is 3.38. The lowest BCUT2D eigenvalue weighted by Gasteiger charge is -2.34. The standard InChI is InChI=1S/C18H19ClF3N3O/c1-11-5-12(2)9-25(8-11)10-13(7-23)17(26)24-14-3-4-16(19)15(6-14)18(20,21)22/h3-4,6,10-12H,5,8-9H2,1-2H3,(H,24,26)/b13-10-. The van der Waals surface area contributed by atoms with Crippen LogP contribution in [0.5, 0.6) is 0 Å². The highest BCUT2D eigenvalue weighted by molar-refractivity contribution is 6.31. The summed E-state index contributed by atoms with van der Waals surface area (Å²) in [5.41, 5.74) is -1.28. The first kappa shape index (κ1) is 20.1. The van der Waals surface area contributed by atoms with Crippen molar-refractivity contribution in [1.29, 1.82) is 5.26 Å². The van der Waals surface area contributed by atoms with Gasteiger partial charge in [0.1, 0.15) is 11.6 Å². The van der Waals surface area contributed by atoms with Gasteiger partial charge in [-0.15, -0.1) is 0 Å². The maximum atomic E-state index is 12.9. The molecule has 1 aromatic rings. The van der Waals surface area contributed by atoms with Crippen LogP contribution in [0.15, 0.2) is 30.0 Å². The minimum Gasteiger partial charge on any atom is -0.376 e. The third-order valence-corrected chi connectivity index (χ3v) is 4.43. The molecule has 0 aromatic heterocycles. The van der Waals surface area contributed by atoms with Crippen LogP contribution >= 0.6 is 11.6 Å². The van der Waals surface area contributed by atoms with Crippen molar-refractivity contribution < 1.29 is 18.0 Å². The van der Waals surface area contributed by atoms with Crippen molar-refractivity contribution in [2.75, 3.05) is 18.4 Å². The molecule has 1 aliphatic rings. The number of nitrogens with one attached hydrogen (secondary N) is 1. The Morgan fingerprint density at radius 3 is 2.50 bits per heavy atom. The van der Waals surface area contributed by atoms with Crippen LogP contribution in [-0.2, 0) is 11.0 Å². The lowest BCUT2D eigenvalue weighted by Crippen LogP contribution is -2.35. The molecule has 1 aliphatic heterocycles. The molecule has 4 nitrogen and oxygen atoms in total. The highest BCUT2D eigenvalue weighted by atomic mass is 35.5. The van der Waals surface area contributed by atoms with E-state index in [0.717, 1.165) is 31.6 Å². The van der Waals surface area contributed by atoms with E-state index in [-0.39, 0.29) is 11.3 Å². The number of piperidine rings is 1. The van der Waals surface area contributed by atoms with Gasteiger partial charge in [0.25, 0.3) is 5.91 Å². The van der Waals surface area contributed by atoms with Gasteiger partial charge in [-0.05, 0) is 36.5 Å². The first-order valence-corrected chi connectivity index (χ1v) is 8.52. The number of hydrogen-bond acceptors (Lipinski definition) is 3. The van der Waals surface area contributed by atoms with E-state index < -0.39 is 22.7 Å². The van der Waals surface area contributed by atoms with Gasteiger partial charge in [-0.2, -0.15) is 18.4 Å². The van der Waals surface area contributed by atoms with Crippen LogP contribution in [0.2, 0.25) is 5.02 Å². The number of amides is 1. The number of carbonyl (C=O) groups is 1. The molecule has 0 spiro atoms. The summed E-state index contributed by atoms with van der Waals surface area (Å²) in [6.07, 6.45) is -2.09. The molecule has 1 amide bonds. The molecule has 8 heteroatoms. The van der Waals surface area contributed by atoms with Gasteiger partial charge >= 0.3 is 6.18 Å². The van der Waals surface area contributed by atoms with Crippen LogP contribution in [0, 0.1) is 23.2 Å². The molecule has 140 valence electrons. The summed E-state index contributed by atoms with van der Waals surface area (Å²) < 4.78 is 38.7. The second-order valence-corrected chi connectivity index (χ2v) is 7.11. The van der Waals surface area contributed by atoms with Crippen molar-refractivity contribution in [2.24, 2.45) is 11.8 Å². The lowest BCUT2D eigenvalue weighted by molar-refractivity contribution is -0.137. The largest absolute Gasteiger partial charge is 0.417 e. The fourth-order valence-electron chi connectivity index (χ4n) is 3.16. The van der Waals surface area contributed by atoms with E-state index in [0.29, 0.717) is 11.8 Å². The molecule has 0 radical (unpaired) electrons. The molecular weight excluding hydrogens is 367 g/mol. The summed E-state index contributed by atoms with van der Waals surface area (Å²) in [6.45, 7) is 5.63. The van der Waals surface area contributed by atoms with E-state index in [1.807, 2.05) is 11.0 Å². The van der Waals surface area contributed by atoms with Gasteiger partial charge in [-0.1, -0.05) is 25.4 Å². The van der Waals surface area contributed by atoms with Crippen molar-refractivity contribution in [2.45, 2.75) is 26.4 Å². The molecule has 26 heavy (non-hydrogen) atoms. The number of nitrogens with zero attached hydrogens (tertiary/aromatic N) is 2. The fraction of sp³-hybridized carbons (Fsp3) is 0.444. The molecule has 1 aromatic carbocycles. The normalized spacial score (nSPS) is 21.3. The number of rotatable bonds is 3. The van der Waals surface area contributed by atoms with Crippen LogP contribution in [0.25, 0.3) is 0 Å². The Labute approximate surface area is 155 Å². The molecule has 2 rings (SSSR count). The number of halogens is 4. The maximum absolute atomic E-state index is 12.9. The summed E-state index contributed by atoms with van der Waals surface area (Å²) >= 11 is 5.56. The Kier molecular flexibility index (Phi) is 6.19. The van der Waals surface area contributed by atoms with Gasteiger partial charge < -0.3 is 10.2 Å². The van der Waals surface area contributed by atoms with Crippen LogP contribution in [-0.4, -0.2) is 23.9 Å². The zero-order valence-corrected chi connectivity index (χ0v) is 15.2. The van der Waals surface area contributed by atoms with Gasteiger partial charge in [0.2, 0.25) is 0 Å². The average Bonchev–Trinajstić information content (AvgIpc) is 2.52. The SMILES string of the molecule is CC1CC(C)CN(/C=C(/C#N)C(=O)Nc2ccc(Cl)c(C(F)(F)F)c2)C1. The van der Waals surface area contributed by atoms with Gasteiger partial charge in [-0.25, -0.2) is 0 Å². The highest BCUT2D eigenvalue weighted by Crippen LogP contribution is 2.36. The van der Waals surface area contributed by atoms with Crippen LogP contribution in [0.1, 0.15) is 25.8 Å². The predicted molar refractivity (Wildman–Crippen MR) is 93.3 cm³/mol. The second-order valence-electron chi connectivity index (χ2n) is 6.70. The summed E-state index contributed by atoms with van der Waals surface area (Å²) in [6, 6.07) is 4.88. The molecule has 2 atom stereocenters. The molecule has 0 aliphatic carbocycles. The number of alkyl halides is 3. The van der Waals surface area contributed by atoms with E-state index in [1.165, 1.54) is 12.3 Å². The van der Waals surface area contributed by atoms with Crippen molar-refractivity contribution in [3.63, 3.8) is 0 Å². The predicted octanol–water partition coefficient (Wildman–Crippen LogP) is 4.68. The van der Waals surface area contributed by atoms with Crippen molar-refractivity contribution >= 4 is 23.2 Å². The smallest absolute Gasteiger partial charge is 0.376 e. The molecule has 0 saturated carbocycles. The Morgan fingerprint density at radius 2 is 1.96 bits per heavy atom. The Bertz CT molecular complexity index is 745. The second kappa shape index (κ2) is 8.00. The van der Waals surface area contributed by atoms with Gasteiger partial charge in [0.15, 0.2) is 0 Å². The van der Waals surface area contributed by atoms with Crippen molar-refractivity contribution in [3.05, 3.63) is 40.6 Å². The monoisotopic (exact) mass is 385 g/mol. The number of carbonyl (C=O) groups excluding carboxylic acids is 1. The molecule has 2 unspecified atom stereocenters. The summed E-state index contributed by atoms with van der Waals surface area (Å²) in [5, 5.41) is 11.1. The number of benzene rings is 1. The summed E-state index contributed by atoms with van der Waals surface area (Å²) in [4.78, 5) is 14.2. The van der Waals surface area contributed by atoms with Gasteiger partial charge in [0, 0.05) is 25.0 Å². The van der Waals surface area contributed by atoms with E-state index in [1.54, 1.807) is 0 Å². The Balaban J connectivity index is 2.17. The highest BCUT2D eigenvalue weighted by Gasteiger charge is 2.33. The Morgan fingerprint density at radius 1 is 1.35 bits per heavy atom. The van der Waals surface area contributed by atoms with E-state index in [9.17, 15) is 23.2 Å². The third kappa shape index (κ3) is 5.15. The number of anilines is 1. The van der Waals surface area contributed by atoms with Crippen LogP contribution < -0.4 is 5.32 Å². The quantitative estimate of drug-likeness (QED) is 0.607. The zero-order valence-electron chi connectivity index (χ0n) is 14.4. The molecule has 1 N–H and O–H groups in total. The maximum Gasteiger partial charge on any atom is 0.417 e. The van der Waals surface area contributed by atoms with E-state index in [2.05, 4.69) is 19.2 Å². The number of hydrogen-bond donors (Lipinski definition) is 1. The molecule has 1 heterocycles. The van der Waals surface area contributed by atoms with Gasteiger partial charge in [0.05, 0.1) is 10.6 Å². The number of nitriles is 1. The average molecular weight is 386 g/mol. The minimum absolute atomic E-state index is 0.0757. The molecular formula is C18H19ClF3N3O. The van der Waals surface area contributed by atoms with Crippen LogP contribution in [0.4, 0.5) is 18.9 Å². The zero-order chi connectivity index (χ0) is 19.5. The van der Waals surface area contributed by atoms with E-state index >= 15 is 0 Å². The van der Waals surface area contributed by atoms with Gasteiger partial charge in [-0.3, -0.25) is 4.79 Å². The van der Waals surface area contributed by atoms with Crippen molar-refractivity contribution in [3.8, 4) is 6.07 Å². The minimum atomic E-state index is -4.63. The Hall–Kier alpha value is -2.20. The lowest BCUT2D eigenvalue weighted by atomic mass is 9.92. The summed E-state index contributed by atoms with van der Waals surface area (Å²) in [7, 11) is 0. The topological polar surface area (TPSA) is 56.1 Å². The first-order chi connectivity index (χ1) is 12.1.